The summed E-state index contributed by atoms with van der Waals surface area (Å²) < 4.78 is 6.42. The Labute approximate surface area is 171 Å². The maximum Gasteiger partial charge on any atom is 0.343 e. The van der Waals surface area contributed by atoms with Crippen molar-refractivity contribution in [1.29, 1.82) is 0 Å². The number of amides is 1. The Kier molecular flexibility index (Phi) is 7.24. The number of nitrogens with zero attached hydrogens (tertiary/aromatic N) is 3. The fourth-order valence-corrected chi connectivity index (χ4v) is 3.47. The van der Waals surface area contributed by atoms with Crippen molar-refractivity contribution < 1.29 is 14.3 Å². The summed E-state index contributed by atoms with van der Waals surface area (Å²) in [6.45, 7) is 6.03. The second-order valence-electron chi connectivity index (χ2n) is 7.13. The van der Waals surface area contributed by atoms with Crippen molar-refractivity contribution in [2.45, 2.75) is 32.6 Å². The number of aromatic nitrogens is 2. The fourth-order valence-electron chi connectivity index (χ4n) is 3.47. The molecule has 1 aromatic carbocycles. The molecule has 0 radical (unpaired) electrons. The highest BCUT2D eigenvalue weighted by Gasteiger charge is 2.17. The van der Waals surface area contributed by atoms with Crippen LogP contribution >= 0.6 is 0 Å². The minimum atomic E-state index is -0.503. The van der Waals surface area contributed by atoms with Gasteiger partial charge >= 0.3 is 5.97 Å². The third-order valence-electron chi connectivity index (χ3n) is 5.06. The largest absolute Gasteiger partial charge is 0.462 e. The number of benzene rings is 1. The number of hydrogen-bond donors (Lipinski definition) is 2. The third-order valence-corrected chi connectivity index (χ3v) is 5.06. The van der Waals surface area contributed by atoms with Crippen molar-refractivity contribution in [2.24, 2.45) is 0 Å². The topological polar surface area (TPSA) is 102 Å². The van der Waals surface area contributed by atoms with E-state index in [-0.39, 0.29) is 23.9 Å². The number of likely N-dealkylation sites (tertiary alicyclic amines) is 1. The molecule has 8 heteroatoms. The molecule has 2 aromatic rings. The Morgan fingerprint density at radius 1 is 1.17 bits per heavy atom. The van der Waals surface area contributed by atoms with E-state index in [1.807, 2.05) is 0 Å². The highest BCUT2D eigenvalue weighted by atomic mass is 16.5. The van der Waals surface area contributed by atoms with Crippen LogP contribution in [0.3, 0.4) is 0 Å². The SMILES string of the molecule is CCOC(=O)c1cnn(-c2ccc(C(=O)NCCCN3CCCCC3)cc2)c1N. The number of esters is 1. The Morgan fingerprint density at radius 2 is 1.90 bits per heavy atom. The molecule has 1 aromatic heterocycles. The van der Waals surface area contributed by atoms with Crippen LogP contribution in [-0.4, -0.2) is 59.3 Å². The van der Waals surface area contributed by atoms with Crippen molar-refractivity contribution in [3.05, 3.63) is 41.6 Å². The summed E-state index contributed by atoms with van der Waals surface area (Å²) in [6.07, 6.45) is 6.22. The number of ether oxygens (including phenoxy) is 1. The summed E-state index contributed by atoms with van der Waals surface area (Å²) in [6, 6.07) is 6.95. The zero-order chi connectivity index (χ0) is 20.6. The van der Waals surface area contributed by atoms with E-state index in [1.54, 1.807) is 31.2 Å². The first-order valence-corrected chi connectivity index (χ1v) is 10.2. The van der Waals surface area contributed by atoms with Crippen LogP contribution in [0.15, 0.2) is 30.5 Å². The Bertz CT molecular complexity index is 825. The van der Waals surface area contributed by atoms with Crippen molar-refractivity contribution in [3.63, 3.8) is 0 Å². The van der Waals surface area contributed by atoms with Crippen molar-refractivity contribution in [3.8, 4) is 5.69 Å². The summed E-state index contributed by atoms with van der Waals surface area (Å²) in [4.78, 5) is 26.7. The molecule has 0 bridgehead atoms. The molecule has 0 spiro atoms. The first-order valence-electron chi connectivity index (χ1n) is 10.2. The Hall–Kier alpha value is -2.87. The van der Waals surface area contributed by atoms with Crippen molar-refractivity contribution in [2.75, 3.05) is 38.5 Å². The fraction of sp³-hybridized carbons (Fsp3) is 0.476. The first kappa shape index (κ1) is 20.9. The zero-order valence-corrected chi connectivity index (χ0v) is 16.9. The van der Waals surface area contributed by atoms with Gasteiger partial charge in [-0.25, -0.2) is 9.48 Å². The number of carbonyl (C=O) groups excluding carboxylic acids is 2. The van der Waals surface area contributed by atoms with Crippen molar-refractivity contribution in [1.82, 2.24) is 20.0 Å². The molecule has 29 heavy (non-hydrogen) atoms. The lowest BCUT2D eigenvalue weighted by molar-refractivity contribution is 0.0527. The molecule has 8 nitrogen and oxygen atoms in total. The Morgan fingerprint density at radius 3 is 2.59 bits per heavy atom. The number of nitrogens with two attached hydrogens (primary N) is 1. The van der Waals surface area contributed by atoms with Crippen LogP contribution in [0.2, 0.25) is 0 Å². The minimum Gasteiger partial charge on any atom is -0.462 e. The molecule has 1 aliphatic heterocycles. The molecule has 156 valence electrons. The minimum absolute atomic E-state index is 0.101. The van der Waals surface area contributed by atoms with E-state index < -0.39 is 5.97 Å². The van der Waals surface area contributed by atoms with E-state index in [2.05, 4.69) is 15.3 Å². The van der Waals surface area contributed by atoms with Crippen LogP contribution in [0.4, 0.5) is 5.82 Å². The third kappa shape index (κ3) is 5.35. The summed E-state index contributed by atoms with van der Waals surface area (Å²) >= 11 is 0. The first-order chi connectivity index (χ1) is 14.1. The summed E-state index contributed by atoms with van der Waals surface area (Å²) in [5.41, 5.74) is 7.49. The molecule has 2 heterocycles. The molecule has 1 aliphatic rings. The molecule has 0 saturated carbocycles. The summed E-state index contributed by atoms with van der Waals surface area (Å²) in [7, 11) is 0. The van der Waals surface area contributed by atoms with Crippen molar-refractivity contribution >= 4 is 17.7 Å². The quantitative estimate of drug-likeness (QED) is 0.521. The number of piperidine rings is 1. The van der Waals surface area contributed by atoms with E-state index in [4.69, 9.17) is 10.5 Å². The van der Waals surface area contributed by atoms with E-state index >= 15 is 0 Å². The van der Waals surface area contributed by atoms with E-state index in [9.17, 15) is 9.59 Å². The molecule has 0 atom stereocenters. The van der Waals surface area contributed by atoms with Gasteiger partial charge in [-0.05, 0) is 70.1 Å². The number of anilines is 1. The van der Waals surface area contributed by atoms with Gasteiger partial charge < -0.3 is 20.7 Å². The van der Waals surface area contributed by atoms with Gasteiger partial charge in [0.2, 0.25) is 0 Å². The number of nitrogen functional groups attached to an aromatic ring is 1. The average molecular weight is 399 g/mol. The monoisotopic (exact) mass is 399 g/mol. The molecule has 3 N–H and O–H groups in total. The van der Waals surface area contributed by atoms with E-state index in [0.717, 1.165) is 13.0 Å². The van der Waals surface area contributed by atoms with Gasteiger partial charge in [0, 0.05) is 12.1 Å². The van der Waals surface area contributed by atoms with Crippen LogP contribution in [0.1, 0.15) is 53.3 Å². The van der Waals surface area contributed by atoms with Crippen LogP contribution in [0.5, 0.6) is 0 Å². The molecule has 1 fully saturated rings. The highest BCUT2D eigenvalue weighted by Crippen LogP contribution is 2.18. The van der Waals surface area contributed by atoms with Gasteiger partial charge in [-0.1, -0.05) is 6.42 Å². The molecule has 1 amide bonds. The lowest BCUT2D eigenvalue weighted by Crippen LogP contribution is -2.33. The standard InChI is InChI=1S/C21H29N5O3/c1-2-29-21(28)18-15-24-26(19(18)22)17-9-7-16(8-10-17)20(27)23-11-6-14-25-12-4-3-5-13-25/h7-10,15H,2-6,11-14,22H2,1H3,(H,23,27). The number of rotatable bonds is 8. The number of carbonyl (C=O) groups is 2. The van der Waals surface area contributed by atoms with Gasteiger partial charge in [0.05, 0.1) is 18.5 Å². The van der Waals surface area contributed by atoms with E-state index in [0.29, 0.717) is 17.8 Å². The normalized spacial score (nSPS) is 14.5. The summed E-state index contributed by atoms with van der Waals surface area (Å²) in [5.74, 6) is -0.397. The van der Waals surface area contributed by atoms with Crippen LogP contribution in [0, 0.1) is 0 Å². The highest BCUT2D eigenvalue weighted by molar-refractivity contribution is 5.95. The van der Waals surface area contributed by atoms with E-state index in [1.165, 1.54) is 43.2 Å². The van der Waals surface area contributed by atoms with Crippen LogP contribution in [0.25, 0.3) is 5.69 Å². The van der Waals surface area contributed by atoms with Gasteiger partial charge in [0.25, 0.3) is 5.91 Å². The van der Waals surface area contributed by atoms with Gasteiger partial charge in [0.15, 0.2) is 0 Å². The predicted octanol–water partition coefficient (Wildman–Crippen LogP) is 2.24. The second kappa shape index (κ2) is 10.1. The zero-order valence-electron chi connectivity index (χ0n) is 16.9. The number of nitrogens with one attached hydrogen (secondary N) is 1. The predicted molar refractivity (Wildman–Crippen MR) is 111 cm³/mol. The van der Waals surface area contributed by atoms with Gasteiger partial charge in [0.1, 0.15) is 11.4 Å². The smallest absolute Gasteiger partial charge is 0.343 e. The molecule has 1 saturated heterocycles. The number of hydrogen-bond acceptors (Lipinski definition) is 6. The average Bonchev–Trinajstić information content (AvgIpc) is 3.13. The van der Waals surface area contributed by atoms with Gasteiger partial charge in [-0.2, -0.15) is 5.10 Å². The second-order valence-corrected chi connectivity index (χ2v) is 7.13. The lowest BCUT2D eigenvalue weighted by Gasteiger charge is -2.26. The molecular weight excluding hydrogens is 370 g/mol. The Balaban J connectivity index is 1.53. The molecule has 0 aliphatic carbocycles. The van der Waals surface area contributed by atoms with Gasteiger partial charge in [-0.15, -0.1) is 0 Å². The molecule has 0 unspecified atom stereocenters. The van der Waals surface area contributed by atoms with Gasteiger partial charge in [-0.3, -0.25) is 4.79 Å². The lowest BCUT2D eigenvalue weighted by atomic mass is 10.1. The van der Waals surface area contributed by atoms with Crippen LogP contribution in [-0.2, 0) is 4.74 Å². The van der Waals surface area contributed by atoms with Crippen LogP contribution < -0.4 is 11.1 Å². The maximum absolute atomic E-state index is 12.3. The molecular formula is C21H29N5O3. The molecule has 3 rings (SSSR count). The summed E-state index contributed by atoms with van der Waals surface area (Å²) in [5, 5.41) is 7.12. The maximum atomic E-state index is 12.3.